The molecule has 554 valence electrons. The number of amides is 6. The summed E-state index contributed by atoms with van der Waals surface area (Å²) in [5, 5.41) is 15.9. The Kier molecular flexibility index (Phi) is 23.3. The molecule has 0 fully saturated rings. The first kappa shape index (κ1) is 78.6. The van der Waals surface area contributed by atoms with Gasteiger partial charge >= 0.3 is 0 Å². The maximum absolute atomic E-state index is 15.6. The normalized spacial score (nSPS) is 12.8. The van der Waals surface area contributed by atoms with Gasteiger partial charge in [0, 0.05) is 90.5 Å². The van der Waals surface area contributed by atoms with E-state index in [-0.39, 0.29) is 101 Å². The number of aryl methyl sites for hydroxylation is 2. The van der Waals surface area contributed by atoms with Crippen molar-refractivity contribution >= 4 is 122 Å². The van der Waals surface area contributed by atoms with Gasteiger partial charge in [-0.1, -0.05) is 123 Å². The van der Waals surface area contributed by atoms with Crippen LogP contribution in [-0.4, -0.2) is 98.9 Å². The summed E-state index contributed by atoms with van der Waals surface area (Å²) < 4.78 is 145. The van der Waals surface area contributed by atoms with E-state index in [1.807, 2.05) is 0 Å². The molecule has 10 N–H and O–H groups in total. The van der Waals surface area contributed by atoms with Gasteiger partial charge in [0.1, 0.15) is 19.6 Å². The first-order valence-electron chi connectivity index (χ1n) is 32.7. The fourth-order valence-electron chi connectivity index (χ4n) is 12.0. The lowest BCUT2D eigenvalue weighted by Gasteiger charge is -2.33. The highest BCUT2D eigenvalue weighted by Gasteiger charge is 2.46. The molecule has 0 saturated heterocycles. The summed E-state index contributed by atoms with van der Waals surface area (Å²) >= 11 is 0. The largest absolute Gasteiger partial charge is 0.326 e. The maximum Gasteiger partial charge on any atom is 0.295 e. The number of hydrogen-bond donors (Lipinski definition) is 10. The summed E-state index contributed by atoms with van der Waals surface area (Å²) in [5.74, 6) is -13.6. The van der Waals surface area contributed by atoms with Crippen LogP contribution in [0.15, 0.2) is 238 Å². The SMILES string of the molecule is CC(=O)c1ccc(C(=O)Nc2ccc(-c3ccc(NC(=O)C(C)C(C(=O)Nc4ccc(-c5ccc(C)cc5S(=O)(=O)O)cc4)C(C(=O)Nc4ccc(-c5ccc(NC(=O)c6ccc(C(C)=O)cc6)cc5)c(S(=O)(=O)O)c4)C(C)C(=O)Nc4ccc(-c5ccc(C)cc5S(=O)(=O)O)cc4)cc3S(=O)(=O)O)cc2)cc1. The van der Waals surface area contributed by atoms with Crippen molar-refractivity contribution in [3.8, 4) is 44.5 Å². The second kappa shape index (κ2) is 32.0. The average molecular weight is 1540 g/mol. The Morgan fingerprint density at radius 2 is 0.500 bits per heavy atom. The van der Waals surface area contributed by atoms with E-state index in [1.165, 1.54) is 222 Å². The molecule has 4 atom stereocenters. The summed E-state index contributed by atoms with van der Waals surface area (Å²) in [5.41, 5.74) is 2.89. The lowest BCUT2D eigenvalue weighted by atomic mass is 9.73. The molecule has 0 spiro atoms. The van der Waals surface area contributed by atoms with Gasteiger partial charge in [-0.3, -0.25) is 56.6 Å². The lowest BCUT2D eigenvalue weighted by Crippen LogP contribution is -2.48. The number of benzene rings is 10. The average Bonchev–Trinajstić information content (AvgIpc) is 0.805. The molecule has 0 bridgehead atoms. The molecule has 0 aromatic heterocycles. The number of nitrogens with one attached hydrogen (secondary N) is 6. The highest BCUT2D eigenvalue weighted by molar-refractivity contribution is 7.86. The monoisotopic (exact) mass is 1540 g/mol. The number of Topliss-reactive ketones (excluding diaryl/α,β-unsaturated/α-hetero) is 2. The van der Waals surface area contributed by atoms with Crippen molar-refractivity contribution in [3.63, 3.8) is 0 Å². The van der Waals surface area contributed by atoms with Crippen LogP contribution in [-0.2, 0) is 59.7 Å². The Bertz CT molecular complexity index is 5750. The van der Waals surface area contributed by atoms with Gasteiger partial charge in [0.2, 0.25) is 23.6 Å². The Balaban J connectivity index is 1.02. The molecule has 30 heteroatoms. The van der Waals surface area contributed by atoms with Crippen LogP contribution in [0.4, 0.5) is 34.1 Å². The van der Waals surface area contributed by atoms with E-state index in [0.29, 0.717) is 22.3 Å². The first-order valence-corrected chi connectivity index (χ1v) is 38.5. The van der Waals surface area contributed by atoms with Crippen molar-refractivity contribution in [2.45, 2.75) is 61.1 Å². The Morgan fingerprint density at radius 3 is 0.778 bits per heavy atom. The zero-order valence-electron chi connectivity index (χ0n) is 58.0. The van der Waals surface area contributed by atoms with Crippen molar-refractivity contribution in [3.05, 3.63) is 252 Å². The van der Waals surface area contributed by atoms with E-state index in [4.69, 9.17) is 0 Å². The van der Waals surface area contributed by atoms with Gasteiger partial charge in [0.05, 0.1) is 11.8 Å². The summed E-state index contributed by atoms with van der Waals surface area (Å²) in [7, 11) is -19.9. The van der Waals surface area contributed by atoms with Crippen LogP contribution < -0.4 is 31.9 Å². The molecule has 0 aliphatic carbocycles. The van der Waals surface area contributed by atoms with E-state index in [2.05, 4.69) is 31.9 Å². The van der Waals surface area contributed by atoms with E-state index in [0.717, 1.165) is 12.1 Å². The predicted octanol–water partition coefficient (Wildman–Crippen LogP) is 13.2. The second-order valence-electron chi connectivity index (χ2n) is 25.4. The highest BCUT2D eigenvalue weighted by Crippen LogP contribution is 2.39. The molecule has 10 aromatic carbocycles. The third-order valence-corrected chi connectivity index (χ3v) is 21.3. The van der Waals surface area contributed by atoms with Gasteiger partial charge in [-0.15, -0.1) is 0 Å². The molecule has 108 heavy (non-hydrogen) atoms. The van der Waals surface area contributed by atoms with Gasteiger partial charge in [-0.05, 0) is 170 Å². The minimum atomic E-state index is -5.22. The van der Waals surface area contributed by atoms with Crippen LogP contribution in [0.2, 0.25) is 0 Å². The standard InChI is InChI=1S/C78H68N6O20S4/c1-43-7-35-63(67(39-43)105(93,94)95)51-17-25-57(26-18-51)79-73(87)45(3)72(78(92)84-62-34-38-66(70(42-62)108(102,103)104)54-21-29-59(30-22-54)81-76(90)56-15-11-50(12-16-56)48(6)86)71(77(91)82-60-31-23-52(24-32-60)64-36-8-44(2)40-68(64)106(96,97)98)46(4)74(88)83-61-33-37-65(69(41-61)107(99,100)101)53-19-27-58(28-20-53)80-75(89)55-13-9-49(10-14-55)47(5)85/h7-42,45-46,71-72H,1-6H3,(H,79,87)(H,80,89)(H,81,90)(H,82,91)(H,83,88)(H,84,92)(H,93,94,95)(H,96,97,98)(H,99,100,101)(H,102,103,104). The molecular formula is C78H68N6O20S4. The van der Waals surface area contributed by atoms with E-state index in [1.54, 1.807) is 26.0 Å². The van der Waals surface area contributed by atoms with Crippen molar-refractivity contribution in [1.29, 1.82) is 0 Å². The number of rotatable bonds is 25. The Hall–Kier alpha value is -12.0. The molecule has 0 heterocycles. The maximum atomic E-state index is 15.6. The number of carbonyl (C=O) groups is 8. The fourth-order valence-corrected chi connectivity index (χ4v) is 15.1. The van der Waals surface area contributed by atoms with Gasteiger partial charge < -0.3 is 31.9 Å². The van der Waals surface area contributed by atoms with Crippen LogP contribution in [0.5, 0.6) is 0 Å². The summed E-state index contributed by atoms with van der Waals surface area (Å²) in [6.45, 7) is 8.38. The minimum Gasteiger partial charge on any atom is -0.326 e. The third kappa shape index (κ3) is 18.8. The minimum absolute atomic E-state index is 0.0341. The van der Waals surface area contributed by atoms with E-state index in [9.17, 15) is 71.1 Å². The van der Waals surface area contributed by atoms with Gasteiger partial charge in [0.25, 0.3) is 52.3 Å². The predicted molar refractivity (Wildman–Crippen MR) is 405 cm³/mol. The van der Waals surface area contributed by atoms with Crippen LogP contribution in [0.25, 0.3) is 44.5 Å². The summed E-state index contributed by atoms with van der Waals surface area (Å²) in [6, 6.07) is 49.6. The fraction of sp³-hybridized carbons (Fsp3) is 0.128. The van der Waals surface area contributed by atoms with E-state index < -0.39 is 119 Å². The molecule has 26 nitrogen and oxygen atoms in total. The van der Waals surface area contributed by atoms with Crippen molar-refractivity contribution in [2.24, 2.45) is 23.7 Å². The molecule has 6 amide bonds. The topological polar surface area (TPSA) is 426 Å². The third-order valence-electron chi connectivity index (χ3n) is 17.7. The number of ketones is 2. The Morgan fingerprint density at radius 1 is 0.278 bits per heavy atom. The van der Waals surface area contributed by atoms with Gasteiger partial charge in [-0.2, -0.15) is 33.7 Å². The summed E-state index contributed by atoms with van der Waals surface area (Å²) in [4.78, 5) is 109. The highest BCUT2D eigenvalue weighted by atomic mass is 32.2. The van der Waals surface area contributed by atoms with Gasteiger partial charge in [0.15, 0.2) is 11.6 Å². The quantitative estimate of drug-likeness (QED) is 0.0188. The number of anilines is 6. The second-order valence-corrected chi connectivity index (χ2v) is 31.0. The molecule has 4 unspecified atom stereocenters. The molecule has 0 radical (unpaired) electrons. The zero-order chi connectivity index (χ0) is 78.5. The Labute approximate surface area is 621 Å². The smallest absolute Gasteiger partial charge is 0.295 e. The molecule has 0 saturated carbocycles. The van der Waals surface area contributed by atoms with Crippen LogP contribution in [0.1, 0.15) is 80.3 Å². The molecule has 0 aliphatic rings. The number of carbonyl (C=O) groups excluding carboxylic acids is 8. The van der Waals surface area contributed by atoms with Crippen LogP contribution in [0, 0.1) is 37.5 Å². The van der Waals surface area contributed by atoms with Crippen LogP contribution in [0.3, 0.4) is 0 Å². The molecule has 10 aromatic rings. The molecule has 0 aliphatic heterocycles. The zero-order valence-corrected chi connectivity index (χ0v) is 61.3. The summed E-state index contributed by atoms with van der Waals surface area (Å²) in [6.07, 6.45) is 0. The molecular weight excluding hydrogens is 1470 g/mol. The van der Waals surface area contributed by atoms with Gasteiger partial charge in [-0.25, -0.2) is 0 Å². The number of hydrogen-bond acceptors (Lipinski definition) is 16. The van der Waals surface area contributed by atoms with Crippen molar-refractivity contribution in [1.82, 2.24) is 0 Å². The first-order chi connectivity index (χ1) is 50.8. The van der Waals surface area contributed by atoms with Crippen LogP contribution >= 0.6 is 0 Å². The van der Waals surface area contributed by atoms with Crippen molar-refractivity contribution < 1.29 is 90.2 Å². The van der Waals surface area contributed by atoms with E-state index >= 15 is 19.2 Å². The lowest BCUT2D eigenvalue weighted by molar-refractivity contribution is -0.139. The molecule has 10 rings (SSSR count). The van der Waals surface area contributed by atoms with Crippen molar-refractivity contribution in [2.75, 3.05) is 31.9 Å².